The van der Waals surface area contributed by atoms with E-state index in [-0.39, 0.29) is 0 Å². The molecule has 0 spiro atoms. The molecule has 19 heavy (non-hydrogen) atoms. The van der Waals surface area contributed by atoms with Gasteiger partial charge in [-0.25, -0.2) is 9.78 Å². The van der Waals surface area contributed by atoms with Gasteiger partial charge in [-0.2, -0.15) is 0 Å². The van der Waals surface area contributed by atoms with Crippen molar-refractivity contribution in [1.82, 2.24) is 4.98 Å². The molecule has 1 aliphatic rings. The van der Waals surface area contributed by atoms with Crippen molar-refractivity contribution in [2.24, 2.45) is 5.92 Å². The fourth-order valence-electron chi connectivity index (χ4n) is 2.79. The van der Waals surface area contributed by atoms with Crippen molar-refractivity contribution in [3.8, 4) is 0 Å². The van der Waals surface area contributed by atoms with Gasteiger partial charge < -0.3 is 10.4 Å². The molecule has 0 aromatic carbocycles. The maximum absolute atomic E-state index is 11.0. The van der Waals surface area contributed by atoms with Crippen LogP contribution in [0.4, 0.5) is 5.82 Å². The topological polar surface area (TPSA) is 62.2 Å². The summed E-state index contributed by atoms with van der Waals surface area (Å²) in [6, 6.07) is 3.19. The van der Waals surface area contributed by atoms with E-state index in [0.717, 1.165) is 24.6 Å². The van der Waals surface area contributed by atoms with Crippen molar-refractivity contribution in [1.29, 1.82) is 0 Å². The minimum absolute atomic E-state index is 0.297. The van der Waals surface area contributed by atoms with Crippen LogP contribution in [0.15, 0.2) is 12.1 Å². The number of anilines is 1. The van der Waals surface area contributed by atoms with Crippen molar-refractivity contribution < 1.29 is 9.90 Å². The Kier molecular flexibility index (Phi) is 4.77. The lowest BCUT2D eigenvalue weighted by molar-refractivity contribution is 0.0696. The number of carboxylic acid groups (broad SMARTS) is 1. The molecule has 0 aliphatic heterocycles. The Morgan fingerprint density at radius 2 is 2.16 bits per heavy atom. The largest absolute Gasteiger partial charge is 0.478 e. The Morgan fingerprint density at radius 3 is 2.84 bits per heavy atom. The molecule has 0 radical (unpaired) electrons. The molecule has 0 bridgehead atoms. The van der Waals surface area contributed by atoms with Gasteiger partial charge in [0.2, 0.25) is 0 Å². The van der Waals surface area contributed by atoms with Crippen LogP contribution in [0, 0.1) is 12.8 Å². The molecule has 1 fully saturated rings. The predicted octanol–water partition coefficient (Wildman–Crippen LogP) is 3.47. The number of pyridine rings is 1. The van der Waals surface area contributed by atoms with E-state index < -0.39 is 5.97 Å². The Morgan fingerprint density at radius 1 is 1.42 bits per heavy atom. The lowest BCUT2D eigenvalue weighted by Gasteiger charge is -2.10. The van der Waals surface area contributed by atoms with Gasteiger partial charge in [0, 0.05) is 12.2 Å². The van der Waals surface area contributed by atoms with Crippen molar-refractivity contribution in [3.63, 3.8) is 0 Å². The van der Waals surface area contributed by atoms with Crippen molar-refractivity contribution >= 4 is 11.8 Å². The monoisotopic (exact) mass is 262 g/mol. The van der Waals surface area contributed by atoms with Gasteiger partial charge in [0.1, 0.15) is 5.82 Å². The Bertz CT molecular complexity index is 440. The van der Waals surface area contributed by atoms with Crippen LogP contribution in [0.25, 0.3) is 0 Å². The molecule has 0 atom stereocenters. The van der Waals surface area contributed by atoms with Crippen LogP contribution >= 0.6 is 0 Å². The van der Waals surface area contributed by atoms with Crippen molar-refractivity contribution in [2.75, 3.05) is 11.9 Å². The summed E-state index contributed by atoms with van der Waals surface area (Å²) in [5.74, 6) is 0.671. The number of nitrogens with zero attached hydrogens (tertiary/aromatic N) is 1. The molecule has 1 heterocycles. The highest BCUT2D eigenvalue weighted by Gasteiger charge is 2.14. The zero-order valence-electron chi connectivity index (χ0n) is 11.5. The fraction of sp³-hybridized carbons (Fsp3) is 0.600. The summed E-state index contributed by atoms with van der Waals surface area (Å²) in [6.07, 6.45) is 7.93. The SMILES string of the molecule is Cc1cc(C(=O)O)cc(NCCCC2CCCC2)n1. The Labute approximate surface area is 114 Å². The first kappa shape index (κ1) is 13.8. The first-order chi connectivity index (χ1) is 9.15. The zero-order chi connectivity index (χ0) is 13.7. The van der Waals surface area contributed by atoms with E-state index in [9.17, 15) is 4.79 Å². The van der Waals surface area contributed by atoms with E-state index in [4.69, 9.17) is 5.11 Å². The molecule has 0 saturated heterocycles. The third-order valence-electron chi connectivity index (χ3n) is 3.77. The minimum atomic E-state index is -0.903. The Hall–Kier alpha value is -1.58. The molecular weight excluding hydrogens is 240 g/mol. The average molecular weight is 262 g/mol. The summed E-state index contributed by atoms with van der Waals surface area (Å²) >= 11 is 0. The van der Waals surface area contributed by atoms with Crippen LogP contribution in [0.3, 0.4) is 0 Å². The number of carbonyl (C=O) groups is 1. The van der Waals surface area contributed by atoms with Gasteiger partial charge in [-0.15, -0.1) is 0 Å². The van der Waals surface area contributed by atoms with Crippen molar-refractivity contribution in [2.45, 2.75) is 45.4 Å². The molecule has 2 N–H and O–H groups in total. The molecule has 1 saturated carbocycles. The average Bonchev–Trinajstić information content (AvgIpc) is 2.87. The quantitative estimate of drug-likeness (QED) is 0.771. The van der Waals surface area contributed by atoms with E-state index in [2.05, 4.69) is 10.3 Å². The molecule has 4 heteroatoms. The number of aryl methyl sites for hydroxylation is 1. The molecule has 4 nitrogen and oxygen atoms in total. The maximum atomic E-state index is 11.0. The van der Waals surface area contributed by atoms with Gasteiger partial charge in [0.15, 0.2) is 0 Å². The number of carboxylic acids is 1. The van der Waals surface area contributed by atoms with Crippen LogP contribution in [0.5, 0.6) is 0 Å². The molecule has 2 rings (SSSR count). The van der Waals surface area contributed by atoms with Gasteiger partial charge in [-0.05, 0) is 37.8 Å². The molecular formula is C15H22N2O2. The van der Waals surface area contributed by atoms with Crippen LogP contribution < -0.4 is 5.32 Å². The number of aromatic carboxylic acids is 1. The van der Waals surface area contributed by atoms with E-state index in [1.807, 2.05) is 6.92 Å². The second-order valence-electron chi connectivity index (χ2n) is 5.41. The van der Waals surface area contributed by atoms with E-state index in [1.54, 1.807) is 12.1 Å². The fourth-order valence-corrected chi connectivity index (χ4v) is 2.79. The van der Waals surface area contributed by atoms with E-state index in [0.29, 0.717) is 11.4 Å². The Balaban J connectivity index is 1.80. The number of hydrogen-bond acceptors (Lipinski definition) is 3. The molecule has 0 unspecified atom stereocenters. The smallest absolute Gasteiger partial charge is 0.335 e. The normalized spacial score (nSPS) is 15.6. The summed E-state index contributed by atoms with van der Waals surface area (Å²) in [4.78, 5) is 15.3. The van der Waals surface area contributed by atoms with E-state index >= 15 is 0 Å². The first-order valence-corrected chi connectivity index (χ1v) is 7.11. The predicted molar refractivity (Wildman–Crippen MR) is 75.6 cm³/mol. The lowest BCUT2D eigenvalue weighted by Crippen LogP contribution is -2.08. The van der Waals surface area contributed by atoms with E-state index in [1.165, 1.54) is 32.1 Å². The highest BCUT2D eigenvalue weighted by molar-refractivity contribution is 5.88. The lowest BCUT2D eigenvalue weighted by atomic mass is 10.0. The number of nitrogens with one attached hydrogen (secondary N) is 1. The second-order valence-corrected chi connectivity index (χ2v) is 5.41. The summed E-state index contributed by atoms with van der Waals surface area (Å²) in [5.41, 5.74) is 1.03. The zero-order valence-corrected chi connectivity index (χ0v) is 11.5. The maximum Gasteiger partial charge on any atom is 0.335 e. The molecule has 104 valence electrons. The first-order valence-electron chi connectivity index (χ1n) is 7.11. The van der Waals surface area contributed by atoms with Gasteiger partial charge in [0.25, 0.3) is 0 Å². The molecule has 1 aromatic heterocycles. The third kappa shape index (κ3) is 4.23. The second kappa shape index (κ2) is 6.55. The summed E-state index contributed by atoms with van der Waals surface area (Å²) in [7, 11) is 0. The summed E-state index contributed by atoms with van der Waals surface area (Å²) in [6.45, 7) is 2.68. The van der Waals surface area contributed by atoms with Gasteiger partial charge in [-0.3, -0.25) is 0 Å². The highest BCUT2D eigenvalue weighted by Crippen LogP contribution is 2.28. The van der Waals surface area contributed by atoms with Crippen LogP contribution in [0.1, 0.15) is 54.6 Å². The third-order valence-corrected chi connectivity index (χ3v) is 3.77. The number of aromatic nitrogens is 1. The molecule has 1 aromatic rings. The molecule has 0 amide bonds. The summed E-state index contributed by atoms with van der Waals surface area (Å²) < 4.78 is 0. The van der Waals surface area contributed by atoms with Crippen molar-refractivity contribution in [3.05, 3.63) is 23.4 Å². The highest BCUT2D eigenvalue weighted by atomic mass is 16.4. The molecule has 1 aliphatic carbocycles. The van der Waals surface area contributed by atoms with Gasteiger partial charge in [0.05, 0.1) is 5.56 Å². The standard InChI is InChI=1S/C15H22N2O2/c1-11-9-13(15(18)19)10-14(17-11)16-8-4-7-12-5-2-3-6-12/h9-10,12H,2-8H2,1H3,(H,16,17)(H,18,19). The van der Waals surface area contributed by atoms with Gasteiger partial charge in [-0.1, -0.05) is 25.7 Å². The van der Waals surface area contributed by atoms with Crippen LogP contribution in [-0.4, -0.2) is 22.6 Å². The minimum Gasteiger partial charge on any atom is -0.478 e. The van der Waals surface area contributed by atoms with Crippen LogP contribution in [0.2, 0.25) is 0 Å². The summed E-state index contributed by atoms with van der Waals surface area (Å²) in [5, 5.41) is 12.2. The van der Waals surface area contributed by atoms with Crippen LogP contribution in [-0.2, 0) is 0 Å². The number of hydrogen-bond donors (Lipinski definition) is 2. The van der Waals surface area contributed by atoms with Gasteiger partial charge >= 0.3 is 5.97 Å². The number of rotatable bonds is 6.